The molecule has 1 aliphatic carbocycles. The lowest BCUT2D eigenvalue weighted by molar-refractivity contribution is 0.135. The van der Waals surface area contributed by atoms with E-state index in [1.165, 1.54) is 57.8 Å². The number of aliphatic hydroxyl groups excluding tert-OH is 1. The molecule has 0 aromatic rings. The van der Waals surface area contributed by atoms with Crippen LogP contribution in [0.5, 0.6) is 0 Å². The molecular weight excluding hydrogens is 280 g/mol. The first-order chi connectivity index (χ1) is 10.3. The summed E-state index contributed by atoms with van der Waals surface area (Å²) in [6.07, 6.45) is 17.0. The zero-order valence-electron chi connectivity index (χ0n) is 14.0. The molecule has 0 aromatic carbocycles. The standard InChI is InChI=1S/C18H36O2S/c1-2-3-4-5-6-7-8-9-10-13-16-21(20)18-15-12-11-14-17(18)19/h17-19H,2-16H2,1H3/t17-,18-,21?/m1/s1. The zero-order valence-corrected chi connectivity index (χ0v) is 14.8. The minimum Gasteiger partial charge on any atom is -0.392 e. The van der Waals surface area contributed by atoms with E-state index < -0.39 is 10.8 Å². The predicted octanol–water partition coefficient (Wildman–Crippen LogP) is 4.96. The minimum absolute atomic E-state index is 0.0670. The second-order valence-electron chi connectivity index (χ2n) is 6.66. The van der Waals surface area contributed by atoms with E-state index in [2.05, 4.69) is 6.92 Å². The highest BCUT2D eigenvalue weighted by atomic mass is 32.2. The van der Waals surface area contributed by atoms with Crippen LogP contribution in [0, 0.1) is 0 Å². The maximum atomic E-state index is 12.2. The van der Waals surface area contributed by atoms with E-state index in [-0.39, 0.29) is 11.4 Å². The van der Waals surface area contributed by atoms with Crippen LogP contribution in [0.15, 0.2) is 0 Å². The number of aliphatic hydroxyl groups is 1. The average molecular weight is 317 g/mol. The molecule has 1 unspecified atom stereocenters. The van der Waals surface area contributed by atoms with Crippen molar-refractivity contribution >= 4 is 10.8 Å². The van der Waals surface area contributed by atoms with Crippen LogP contribution < -0.4 is 0 Å². The van der Waals surface area contributed by atoms with Gasteiger partial charge in [0.15, 0.2) is 0 Å². The fraction of sp³-hybridized carbons (Fsp3) is 1.00. The molecule has 0 radical (unpaired) electrons. The molecule has 0 heterocycles. The van der Waals surface area contributed by atoms with Crippen molar-refractivity contribution in [2.24, 2.45) is 0 Å². The van der Waals surface area contributed by atoms with Crippen molar-refractivity contribution in [1.29, 1.82) is 0 Å². The van der Waals surface area contributed by atoms with Crippen LogP contribution in [0.4, 0.5) is 0 Å². The molecule has 126 valence electrons. The topological polar surface area (TPSA) is 37.3 Å². The van der Waals surface area contributed by atoms with Gasteiger partial charge in [-0.05, 0) is 19.3 Å². The molecule has 0 saturated heterocycles. The van der Waals surface area contributed by atoms with Gasteiger partial charge < -0.3 is 5.11 Å². The van der Waals surface area contributed by atoms with Crippen LogP contribution in [0.1, 0.15) is 96.8 Å². The Morgan fingerprint density at radius 2 is 1.38 bits per heavy atom. The lowest BCUT2D eigenvalue weighted by atomic mass is 9.97. The molecule has 3 heteroatoms. The van der Waals surface area contributed by atoms with Crippen molar-refractivity contribution in [3.05, 3.63) is 0 Å². The summed E-state index contributed by atoms with van der Waals surface area (Å²) >= 11 is 0. The van der Waals surface area contributed by atoms with Gasteiger partial charge in [0.1, 0.15) is 0 Å². The molecule has 0 amide bonds. The van der Waals surface area contributed by atoms with E-state index in [4.69, 9.17) is 0 Å². The van der Waals surface area contributed by atoms with Crippen LogP contribution in [0.25, 0.3) is 0 Å². The number of rotatable bonds is 12. The summed E-state index contributed by atoms with van der Waals surface area (Å²) in [6, 6.07) is 0. The lowest BCUT2D eigenvalue weighted by Crippen LogP contribution is -2.34. The average Bonchev–Trinajstić information content (AvgIpc) is 2.49. The summed E-state index contributed by atoms with van der Waals surface area (Å²) in [5, 5.41) is 9.97. The Morgan fingerprint density at radius 1 is 0.857 bits per heavy atom. The van der Waals surface area contributed by atoms with Crippen LogP contribution >= 0.6 is 0 Å². The third-order valence-electron chi connectivity index (χ3n) is 4.70. The zero-order chi connectivity index (χ0) is 15.3. The van der Waals surface area contributed by atoms with E-state index in [0.29, 0.717) is 0 Å². The molecule has 21 heavy (non-hydrogen) atoms. The van der Waals surface area contributed by atoms with Crippen LogP contribution in [-0.4, -0.2) is 26.4 Å². The first-order valence-corrected chi connectivity index (χ1v) is 10.7. The Morgan fingerprint density at radius 3 is 1.95 bits per heavy atom. The maximum absolute atomic E-state index is 12.2. The van der Waals surface area contributed by atoms with Gasteiger partial charge in [-0.25, -0.2) is 0 Å². The summed E-state index contributed by atoms with van der Waals surface area (Å²) in [5.41, 5.74) is 0. The summed E-state index contributed by atoms with van der Waals surface area (Å²) in [7, 11) is -0.799. The van der Waals surface area contributed by atoms with Gasteiger partial charge in [0.25, 0.3) is 0 Å². The number of hydrogen-bond acceptors (Lipinski definition) is 2. The quantitative estimate of drug-likeness (QED) is 0.517. The fourth-order valence-electron chi connectivity index (χ4n) is 3.27. The Balaban J connectivity index is 1.90. The highest BCUT2D eigenvalue weighted by Gasteiger charge is 2.27. The fourth-order valence-corrected chi connectivity index (χ4v) is 4.97. The summed E-state index contributed by atoms with van der Waals surface area (Å²) in [6.45, 7) is 2.26. The van der Waals surface area contributed by atoms with Gasteiger partial charge in [-0.3, -0.25) is 4.21 Å². The molecular formula is C18H36O2S. The van der Waals surface area contributed by atoms with Crippen LogP contribution in [-0.2, 0) is 10.8 Å². The van der Waals surface area contributed by atoms with Gasteiger partial charge in [0.05, 0.1) is 11.4 Å². The minimum atomic E-state index is -0.799. The van der Waals surface area contributed by atoms with Gasteiger partial charge in [0.2, 0.25) is 0 Å². The molecule has 1 N–H and O–H groups in total. The SMILES string of the molecule is CCCCCCCCCCCCS(=O)[C@@H]1CCCC[C@H]1O. The largest absolute Gasteiger partial charge is 0.392 e. The molecule has 0 bridgehead atoms. The molecule has 0 spiro atoms. The molecule has 2 nitrogen and oxygen atoms in total. The second-order valence-corrected chi connectivity index (χ2v) is 8.43. The van der Waals surface area contributed by atoms with Crippen molar-refractivity contribution < 1.29 is 9.32 Å². The Kier molecular flexibility index (Phi) is 11.5. The van der Waals surface area contributed by atoms with Gasteiger partial charge in [0, 0.05) is 16.6 Å². The smallest absolute Gasteiger partial charge is 0.0683 e. The van der Waals surface area contributed by atoms with Gasteiger partial charge in [-0.2, -0.15) is 0 Å². The highest BCUT2D eigenvalue weighted by molar-refractivity contribution is 7.85. The van der Waals surface area contributed by atoms with Crippen LogP contribution in [0.3, 0.4) is 0 Å². The van der Waals surface area contributed by atoms with Crippen molar-refractivity contribution in [3.63, 3.8) is 0 Å². The Labute approximate surface area is 134 Å². The molecule has 3 atom stereocenters. The molecule has 1 aliphatic rings. The van der Waals surface area contributed by atoms with Crippen molar-refractivity contribution in [2.45, 2.75) is 108 Å². The first kappa shape index (κ1) is 19.2. The van der Waals surface area contributed by atoms with E-state index in [1.807, 2.05) is 0 Å². The monoisotopic (exact) mass is 316 g/mol. The summed E-state index contributed by atoms with van der Waals surface area (Å²) in [4.78, 5) is 0. The van der Waals surface area contributed by atoms with Crippen LogP contribution in [0.2, 0.25) is 0 Å². The van der Waals surface area contributed by atoms with E-state index in [1.54, 1.807) is 0 Å². The summed E-state index contributed by atoms with van der Waals surface area (Å²) in [5.74, 6) is 0.804. The number of hydrogen-bond donors (Lipinski definition) is 1. The predicted molar refractivity (Wildman–Crippen MR) is 93.1 cm³/mol. The van der Waals surface area contributed by atoms with Gasteiger partial charge >= 0.3 is 0 Å². The third kappa shape index (κ3) is 8.97. The maximum Gasteiger partial charge on any atom is 0.0683 e. The van der Waals surface area contributed by atoms with Gasteiger partial charge in [-0.1, -0.05) is 77.6 Å². The van der Waals surface area contributed by atoms with Gasteiger partial charge in [-0.15, -0.1) is 0 Å². The van der Waals surface area contributed by atoms with E-state index in [0.717, 1.165) is 37.9 Å². The van der Waals surface area contributed by atoms with E-state index in [9.17, 15) is 9.32 Å². The van der Waals surface area contributed by atoms with Crippen molar-refractivity contribution in [1.82, 2.24) is 0 Å². The first-order valence-electron chi connectivity index (χ1n) is 9.31. The molecule has 0 aliphatic heterocycles. The molecule has 0 aromatic heterocycles. The second kappa shape index (κ2) is 12.6. The third-order valence-corrected chi connectivity index (χ3v) is 6.62. The Hall–Kier alpha value is 0.110. The summed E-state index contributed by atoms with van der Waals surface area (Å²) < 4.78 is 12.2. The normalized spacial score (nSPS) is 24.1. The highest BCUT2D eigenvalue weighted by Crippen LogP contribution is 2.23. The van der Waals surface area contributed by atoms with Crippen molar-refractivity contribution in [2.75, 3.05) is 5.75 Å². The van der Waals surface area contributed by atoms with E-state index >= 15 is 0 Å². The molecule has 1 rings (SSSR count). The molecule has 1 fully saturated rings. The molecule has 1 saturated carbocycles. The number of unbranched alkanes of at least 4 members (excludes halogenated alkanes) is 9. The van der Waals surface area contributed by atoms with Crippen molar-refractivity contribution in [3.8, 4) is 0 Å². The lowest BCUT2D eigenvalue weighted by Gasteiger charge is -2.26. The Bertz CT molecular complexity index is 268.